The number of amides is 1. The first-order valence-electron chi connectivity index (χ1n) is 7.72. The average molecular weight is 356 g/mol. The third-order valence-corrected chi connectivity index (χ3v) is 4.09. The number of hydrogen-bond acceptors (Lipinski definition) is 7. The normalized spacial score (nSPS) is 21.0. The van der Waals surface area contributed by atoms with Crippen molar-refractivity contribution in [3.05, 3.63) is 5.82 Å². The number of carbonyl (C=O) groups is 1. The number of aromatic amines is 1. The fraction of sp³-hybridized carbons (Fsp3) is 0.786. The molecule has 2 rings (SSSR count). The van der Waals surface area contributed by atoms with Crippen LogP contribution in [0.15, 0.2) is 0 Å². The summed E-state index contributed by atoms with van der Waals surface area (Å²) in [6.07, 6.45) is 0.0509. The van der Waals surface area contributed by atoms with E-state index in [1.807, 2.05) is 39.8 Å². The third kappa shape index (κ3) is 4.84. The second-order valence-corrected chi connectivity index (χ2v) is 7.30. The fourth-order valence-electron chi connectivity index (χ4n) is 2.41. The topological polar surface area (TPSA) is 96.5 Å². The molecule has 0 bridgehead atoms. The lowest BCUT2D eigenvalue weighted by molar-refractivity contribution is 0.0160. The lowest BCUT2D eigenvalue weighted by atomic mass is 10.2. The standard InChI is InChI=1S/C14H24N6O3S/c1-14(2,3)23-13(21)20-7-9(6-10(20)12(24)19(4)5)22-8-11-15-17-18-16-11/h9-10H,6-8H2,1-5H3,(H,15,16,17,18)/t9-,10+/m1/s1. The van der Waals surface area contributed by atoms with E-state index in [0.717, 1.165) is 0 Å². The first-order chi connectivity index (χ1) is 11.2. The highest BCUT2D eigenvalue weighted by Gasteiger charge is 2.40. The molecule has 1 fully saturated rings. The SMILES string of the molecule is CN(C)C(=S)[C@@H]1C[C@@H](OCc2nn[nH]n2)CN1C(=O)OC(C)(C)C. The molecule has 2 atom stereocenters. The molecule has 0 saturated carbocycles. The summed E-state index contributed by atoms with van der Waals surface area (Å²) in [5.41, 5.74) is -0.565. The van der Waals surface area contributed by atoms with Gasteiger partial charge >= 0.3 is 6.09 Å². The van der Waals surface area contributed by atoms with E-state index in [-0.39, 0.29) is 24.8 Å². The molecule has 24 heavy (non-hydrogen) atoms. The Bertz CT molecular complexity index is 572. The number of likely N-dealkylation sites (tertiary alicyclic amines) is 1. The molecule has 0 spiro atoms. The lowest BCUT2D eigenvalue weighted by Gasteiger charge is -2.30. The van der Waals surface area contributed by atoms with Crippen molar-refractivity contribution in [3.8, 4) is 0 Å². The maximum absolute atomic E-state index is 12.5. The molecular weight excluding hydrogens is 332 g/mol. The van der Waals surface area contributed by atoms with Crippen molar-refractivity contribution in [1.29, 1.82) is 0 Å². The van der Waals surface area contributed by atoms with Crippen molar-refractivity contribution in [2.75, 3.05) is 20.6 Å². The molecule has 10 heteroatoms. The molecule has 1 aromatic rings. The number of hydrogen-bond donors (Lipinski definition) is 1. The molecular formula is C14H24N6O3S. The van der Waals surface area contributed by atoms with Crippen LogP contribution in [0, 0.1) is 0 Å². The van der Waals surface area contributed by atoms with Gasteiger partial charge in [0, 0.05) is 20.5 Å². The average Bonchev–Trinajstić information content (AvgIpc) is 3.11. The molecule has 1 aliphatic rings. The molecule has 134 valence electrons. The zero-order valence-corrected chi connectivity index (χ0v) is 15.5. The molecule has 0 unspecified atom stereocenters. The molecule has 1 amide bonds. The van der Waals surface area contributed by atoms with Gasteiger partial charge in [0.2, 0.25) is 0 Å². The van der Waals surface area contributed by atoms with Gasteiger partial charge in [-0.3, -0.25) is 4.90 Å². The van der Waals surface area contributed by atoms with Gasteiger partial charge in [0.25, 0.3) is 0 Å². The van der Waals surface area contributed by atoms with Crippen LogP contribution in [0.2, 0.25) is 0 Å². The maximum Gasteiger partial charge on any atom is 0.410 e. The fourth-order valence-corrected chi connectivity index (χ4v) is 2.63. The highest BCUT2D eigenvalue weighted by atomic mass is 32.1. The summed E-state index contributed by atoms with van der Waals surface area (Å²) in [6.45, 7) is 6.15. The zero-order valence-electron chi connectivity index (χ0n) is 14.6. The third-order valence-electron chi connectivity index (χ3n) is 3.45. The van der Waals surface area contributed by atoms with E-state index in [4.69, 9.17) is 21.7 Å². The molecule has 0 aliphatic carbocycles. The molecule has 2 heterocycles. The summed E-state index contributed by atoms with van der Waals surface area (Å²) in [7, 11) is 3.73. The van der Waals surface area contributed by atoms with Gasteiger partial charge in [0.15, 0.2) is 5.82 Å². The number of nitrogens with zero attached hydrogens (tertiary/aromatic N) is 5. The smallest absolute Gasteiger partial charge is 0.410 e. The second kappa shape index (κ2) is 7.39. The van der Waals surface area contributed by atoms with E-state index < -0.39 is 5.60 Å². The zero-order chi connectivity index (χ0) is 17.9. The molecule has 0 aromatic carbocycles. The van der Waals surface area contributed by atoms with Crippen LogP contribution in [0.3, 0.4) is 0 Å². The Balaban J connectivity index is 2.04. The number of H-pyrrole nitrogens is 1. The van der Waals surface area contributed by atoms with Crippen LogP contribution in [0.1, 0.15) is 33.0 Å². The van der Waals surface area contributed by atoms with Crippen LogP contribution < -0.4 is 0 Å². The second-order valence-electron chi connectivity index (χ2n) is 6.88. The Kier molecular flexibility index (Phi) is 5.70. The Morgan fingerprint density at radius 3 is 2.71 bits per heavy atom. The van der Waals surface area contributed by atoms with Crippen LogP contribution in [0.5, 0.6) is 0 Å². The number of likely N-dealkylation sites (N-methyl/N-ethyl adjacent to an activating group) is 1. The Hall–Kier alpha value is -1.81. The first-order valence-corrected chi connectivity index (χ1v) is 8.13. The van der Waals surface area contributed by atoms with Gasteiger partial charge in [0.05, 0.1) is 18.7 Å². The Labute approximate surface area is 146 Å². The summed E-state index contributed by atoms with van der Waals surface area (Å²) in [6, 6.07) is -0.236. The first kappa shape index (κ1) is 18.5. The van der Waals surface area contributed by atoms with Crippen LogP contribution in [0.4, 0.5) is 4.79 Å². The Morgan fingerprint density at radius 2 is 2.17 bits per heavy atom. The van der Waals surface area contributed by atoms with E-state index in [0.29, 0.717) is 23.8 Å². The highest BCUT2D eigenvalue weighted by Crippen LogP contribution is 2.25. The number of thiocarbonyl (C=S) groups is 1. The quantitative estimate of drug-likeness (QED) is 0.798. The van der Waals surface area contributed by atoms with E-state index >= 15 is 0 Å². The number of rotatable bonds is 4. The molecule has 1 aromatic heterocycles. The molecule has 1 N–H and O–H groups in total. The van der Waals surface area contributed by atoms with E-state index in [1.54, 1.807) is 4.90 Å². The number of tetrazole rings is 1. The van der Waals surface area contributed by atoms with Crippen molar-refractivity contribution in [1.82, 2.24) is 30.4 Å². The van der Waals surface area contributed by atoms with Crippen molar-refractivity contribution in [2.45, 2.75) is 51.5 Å². The minimum absolute atomic E-state index is 0.168. The van der Waals surface area contributed by atoms with Gasteiger partial charge < -0.3 is 14.4 Å². The van der Waals surface area contributed by atoms with Crippen molar-refractivity contribution in [3.63, 3.8) is 0 Å². The van der Waals surface area contributed by atoms with Crippen molar-refractivity contribution >= 4 is 23.3 Å². The Morgan fingerprint density at radius 1 is 1.46 bits per heavy atom. The molecule has 0 radical (unpaired) electrons. The minimum Gasteiger partial charge on any atom is -0.444 e. The molecule has 9 nitrogen and oxygen atoms in total. The number of nitrogens with one attached hydrogen (secondary N) is 1. The van der Waals surface area contributed by atoms with Crippen LogP contribution in [-0.4, -0.2) is 79.9 Å². The van der Waals surface area contributed by atoms with E-state index in [2.05, 4.69) is 20.6 Å². The van der Waals surface area contributed by atoms with Gasteiger partial charge in [-0.05, 0) is 20.8 Å². The summed E-state index contributed by atoms with van der Waals surface area (Å²) >= 11 is 5.47. The number of ether oxygens (including phenoxy) is 2. The van der Waals surface area contributed by atoms with E-state index in [9.17, 15) is 4.79 Å². The lowest BCUT2D eigenvalue weighted by Crippen LogP contribution is -2.46. The predicted molar refractivity (Wildman–Crippen MR) is 90.4 cm³/mol. The highest BCUT2D eigenvalue weighted by molar-refractivity contribution is 7.80. The van der Waals surface area contributed by atoms with Crippen LogP contribution in [0.25, 0.3) is 0 Å². The van der Waals surface area contributed by atoms with Crippen molar-refractivity contribution < 1.29 is 14.3 Å². The van der Waals surface area contributed by atoms with Crippen LogP contribution >= 0.6 is 12.2 Å². The van der Waals surface area contributed by atoms with E-state index in [1.165, 1.54) is 0 Å². The van der Waals surface area contributed by atoms with Gasteiger partial charge in [-0.25, -0.2) is 4.79 Å². The van der Waals surface area contributed by atoms with Crippen LogP contribution in [-0.2, 0) is 16.1 Å². The maximum atomic E-state index is 12.5. The van der Waals surface area contributed by atoms with Crippen molar-refractivity contribution in [2.24, 2.45) is 0 Å². The van der Waals surface area contributed by atoms with Gasteiger partial charge in [-0.15, -0.1) is 10.2 Å². The van der Waals surface area contributed by atoms with Gasteiger partial charge in [0.1, 0.15) is 17.2 Å². The summed E-state index contributed by atoms with van der Waals surface area (Å²) in [4.78, 5) is 16.6. The minimum atomic E-state index is -0.565. The van der Waals surface area contributed by atoms with Gasteiger partial charge in [-0.1, -0.05) is 17.4 Å². The number of aromatic nitrogens is 4. The molecule has 1 aliphatic heterocycles. The predicted octanol–water partition coefficient (Wildman–Crippen LogP) is 0.983. The largest absolute Gasteiger partial charge is 0.444 e. The summed E-state index contributed by atoms with van der Waals surface area (Å²) < 4.78 is 11.3. The number of carbonyl (C=O) groups excluding carboxylic acids is 1. The summed E-state index contributed by atoms with van der Waals surface area (Å²) in [5.74, 6) is 0.470. The summed E-state index contributed by atoms with van der Waals surface area (Å²) in [5, 5.41) is 13.6. The van der Waals surface area contributed by atoms with Gasteiger partial charge in [-0.2, -0.15) is 5.21 Å². The monoisotopic (exact) mass is 356 g/mol. The molecule has 1 saturated heterocycles.